The maximum Gasteiger partial charge on any atom is 0.331 e. The van der Waals surface area contributed by atoms with Gasteiger partial charge in [0.1, 0.15) is 5.75 Å². The molecule has 10 nitrogen and oxygen atoms in total. The Balaban J connectivity index is 1.15. The lowest BCUT2D eigenvalue weighted by atomic mass is 10.0. The van der Waals surface area contributed by atoms with Crippen LogP contribution in [-0.2, 0) is 24.3 Å². The molecule has 2 heterocycles. The van der Waals surface area contributed by atoms with E-state index in [9.17, 15) is 18.0 Å². The first-order chi connectivity index (χ1) is 23.8. The number of carbonyl (C=O) groups excluding carboxylic acids is 2. The van der Waals surface area contributed by atoms with E-state index in [2.05, 4.69) is 5.32 Å². The first-order valence-electron chi connectivity index (χ1n) is 16.0. The molecule has 5 aromatic rings. The van der Waals surface area contributed by atoms with Gasteiger partial charge in [-0.05, 0) is 60.4 Å². The molecule has 4 aromatic carbocycles. The maximum atomic E-state index is 13.2. The molecule has 6 rings (SSSR count). The summed E-state index contributed by atoms with van der Waals surface area (Å²) in [5.41, 5.74) is 5.38. The fourth-order valence-corrected chi connectivity index (χ4v) is 7.17. The molecule has 0 spiro atoms. The summed E-state index contributed by atoms with van der Waals surface area (Å²) in [7, 11) is -2.32. The normalized spacial score (nSPS) is 13.7. The van der Waals surface area contributed by atoms with E-state index in [0.717, 1.165) is 41.6 Å². The number of nitrogens with one attached hydrogen (secondary N) is 1. The van der Waals surface area contributed by atoms with Crippen LogP contribution >= 0.6 is 0 Å². The Morgan fingerprint density at radius 1 is 0.837 bits per heavy atom. The lowest BCUT2D eigenvalue weighted by Crippen LogP contribution is -2.35. The van der Waals surface area contributed by atoms with Gasteiger partial charge in [-0.25, -0.2) is 17.9 Å². The van der Waals surface area contributed by atoms with E-state index in [1.54, 1.807) is 10.8 Å². The topological polar surface area (TPSA) is 120 Å². The number of piperidine rings is 1. The molecule has 1 fully saturated rings. The van der Waals surface area contributed by atoms with Gasteiger partial charge in [0, 0.05) is 36.5 Å². The molecule has 0 saturated carbocycles. The zero-order valence-corrected chi connectivity index (χ0v) is 27.8. The van der Waals surface area contributed by atoms with E-state index >= 15 is 0 Å². The van der Waals surface area contributed by atoms with Gasteiger partial charge in [0.25, 0.3) is 5.91 Å². The third-order valence-corrected chi connectivity index (χ3v) is 10.1. The van der Waals surface area contributed by atoms with Gasteiger partial charge in [-0.1, -0.05) is 79.2 Å². The van der Waals surface area contributed by atoms with Crippen LogP contribution in [0.4, 0.5) is 5.69 Å². The molecule has 1 aliphatic heterocycles. The first kappa shape index (κ1) is 33.4. The second-order valence-corrected chi connectivity index (χ2v) is 13.4. The number of anilines is 1. The number of hydrogen-bond acceptors (Lipinski definition) is 7. The molecular formula is C38H36N4O6S. The van der Waals surface area contributed by atoms with E-state index in [1.165, 1.54) is 35.7 Å². The average Bonchev–Trinajstić information content (AvgIpc) is 3.58. The van der Waals surface area contributed by atoms with Crippen LogP contribution in [0.3, 0.4) is 0 Å². The summed E-state index contributed by atoms with van der Waals surface area (Å²) < 4.78 is 40.1. The number of sulfonamides is 1. The third-order valence-electron chi connectivity index (χ3n) is 8.17. The summed E-state index contributed by atoms with van der Waals surface area (Å²) in [4.78, 5) is 25.6. The number of hydrogen-bond donors (Lipinski definition) is 1. The molecule has 0 aliphatic carbocycles. The van der Waals surface area contributed by atoms with Crippen molar-refractivity contribution in [2.24, 2.45) is 0 Å². The molecule has 0 bridgehead atoms. The van der Waals surface area contributed by atoms with E-state index < -0.39 is 28.5 Å². The number of nitrogens with zero attached hydrogens (tertiary/aromatic N) is 3. The smallest absolute Gasteiger partial charge is 0.331 e. The standard InChI is InChI=1S/C38H36N4O6S/c1-47-35-21-20-33(49(45,46)41-23-9-4-10-24-41)25-34(35)39-36(43)27-48-37(44)22-19-31-26-42(32-13-7-3-8-14-32)40-38(31)30-17-15-29(16-18-30)28-11-5-2-6-12-28/h2-3,5-8,11-22,25-26H,4,9-10,23-24,27H2,1H3,(H,39,43). The van der Waals surface area contributed by atoms with Crippen molar-refractivity contribution in [3.05, 3.63) is 121 Å². The Hall–Kier alpha value is -5.52. The lowest BCUT2D eigenvalue weighted by molar-refractivity contribution is -0.142. The molecule has 0 unspecified atom stereocenters. The van der Waals surface area contributed by atoms with Crippen LogP contribution in [-0.4, -0.2) is 61.2 Å². The number of rotatable bonds is 11. The van der Waals surface area contributed by atoms with Crippen LogP contribution < -0.4 is 10.1 Å². The minimum Gasteiger partial charge on any atom is -0.495 e. The van der Waals surface area contributed by atoms with Gasteiger partial charge in [0.15, 0.2) is 6.61 Å². The minimum absolute atomic E-state index is 0.0481. The van der Waals surface area contributed by atoms with Crippen molar-refractivity contribution in [1.82, 2.24) is 14.1 Å². The molecular weight excluding hydrogens is 641 g/mol. The van der Waals surface area contributed by atoms with Gasteiger partial charge in [-0.2, -0.15) is 9.40 Å². The summed E-state index contributed by atoms with van der Waals surface area (Å²) >= 11 is 0. The zero-order valence-electron chi connectivity index (χ0n) is 27.0. The Morgan fingerprint density at radius 3 is 2.18 bits per heavy atom. The lowest BCUT2D eigenvalue weighted by Gasteiger charge is -2.26. The van der Waals surface area contributed by atoms with E-state index in [4.69, 9.17) is 14.6 Å². The number of amides is 1. The van der Waals surface area contributed by atoms with Crippen molar-refractivity contribution in [2.75, 3.05) is 32.1 Å². The SMILES string of the molecule is COc1ccc(S(=O)(=O)N2CCCCC2)cc1NC(=O)COC(=O)C=Cc1cn(-c2ccccc2)nc1-c1ccc(-c2ccccc2)cc1. The van der Waals surface area contributed by atoms with Crippen molar-refractivity contribution in [1.29, 1.82) is 0 Å². The van der Waals surface area contributed by atoms with Gasteiger partial charge >= 0.3 is 5.97 Å². The third kappa shape index (κ3) is 7.97. The van der Waals surface area contributed by atoms with E-state index in [0.29, 0.717) is 24.3 Å². The summed E-state index contributed by atoms with van der Waals surface area (Å²) in [5, 5.41) is 7.43. The highest BCUT2D eigenvalue weighted by Crippen LogP contribution is 2.31. The van der Waals surface area contributed by atoms with Crippen molar-refractivity contribution in [3.63, 3.8) is 0 Å². The predicted molar refractivity (Wildman–Crippen MR) is 189 cm³/mol. The van der Waals surface area contributed by atoms with E-state index in [1.807, 2.05) is 91.1 Å². The summed E-state index contributed by atoms with van der Waals surface area (Å²) in [6, 6.07) is 32.0. The molecule has 0 radical (unpaired) electrons. The van der Waals surface area contributed by atoms with Gasteiger partial charge < -0.3 is 14.8 Å². The van der Waals surface area contributed by atoms with Crippen molar-refractivity contribution < 1.29 is 27.5 Å². The molecule has 0 atom stereocenters. The van der Waals surface area contributed by atoms with Gasteiger partial charge in [-0.15, -0.1) is 0 Å². The molecule has 1 amide bonds. The van der Waals surface area contributed by atoms with Gasteiger partial charge in [0.2, 0.25) is 10.0 Å². The van der Waals surface area contributed by atoms with Gasteiger partial charge in [-0.3, -0.25) is 4.79 Å². The van der Waals surface area contributed by atoms with Crippen molar-refractivity contribution in [3.8, 4) is 33.8 Å². The zero-order chi connectivity index (χ0) is 34.2. The molecule has 11 heteroatoms. The number of benzene rings is 4. The van der Waals surface area contributed by atoms with Crippen LogP contribution in [0, 0.1) is 0 Å². The van der Waals surface area contributed by atoms with Crippen LogP contribution in [0.15, 0.2) is 120 Å². The number of carbonyl (C=O) groups is 2. The van der Waals surface area contributed by atoms with Gasteiger partial charge in [0.05, 0.1) is 29.1 Å². The van der Waals surface area contributed by atoms with Crippen LogP contribution in [0.5, 0.6) is 5.75 Å². The van der Waals surface area contributed by atoms with Crippen LogP contribution in [0.1, 0.15) is 24.8 Å². The Kier molecular flexibility index (Phi) is 10.3. The predicted octanol–water partition coefficient (Wildman–Crippen LogP) is 6.58. The summed E-state index contributed by atoms with van der Waals surface area (Å²) in [6.07, 6.45) is 7.27. The quantitative estimate of drug-likeness (QED) is 0.124. The Morgan fingerprint density at radius 2 is 1.49 bits per heavy atom. The van der Waals surface area contributed by atoms with Crippen molar-refractivity contribution in [2.45, 2.75) is 24.2 Å². The molecule has 1 N–H and O–H groups in total. The Bertz CT molecular complexity index is 2050. The summed E-state index contributed by atoms with van der Waals surface area (Å²) in [5.74, 6) is -1.11. The monoisotopic (exact) mass is 676 g/mol. The fourth-order valence-electron chi connectivity index (χ4n) is 5.63. The summed E-state index contributed by atoms with van der Waals surface area (Å²) in [6.45, 7) is 0.315. The minimum atomic E-state index is -3.73. The van der Waals surface area contributed by atoms with Crippen molar-refractivity contribution >= 4 is 33.7 Å². The fraction of sp³-hybridized carbons (Fsp3) is 0.184. The molecule has 49 heavy (non-hydrogen) atoms. The van der Waals surface area contributed by atoms with E-state index in [-0.39, 0.29) is 16.3 Å². The molecule has 250 valence electrons. The molecule has 1 aliphatic rings. The second kappa shape index (κ2) is 15.1. The number of aromatic nitrogens is 2. The first-order valence-corrected chi connectivity index (χ1v) is 17.4. The maximum absolute atomic E-state index is 13.2. The Labute approximate surface area is 285 Å². The highest BCUT2D eigenvalue weighted by molar-refractivity contribution is 7.89. The largest absolute Gasteiger partial charge is 0.495 e. The second-order valence-electron chi connectivity index (χ2n) is 11.5. The van der Waals surface area contributed by atoms with Crippen LogP contribution in [0.2, 0.25) is 0 Å². The molecule has 1 saturated heterocycles. The number of methoxy groups -OCH3 is 1. The number of esters is 1. The number of ether oxygens (including phenoxy) is 2. The highest BCUT2D eigenvalue weighted by atomic mass is 32.2. The average molecular weight is 677 g/mol. The number of para-hydroxylation sites is 1. The van der Waals surface area contributed by atoms with Crippen LogP contribution in [0.25, 0.3) is 34.1 Å². The molecule has 1 aromatic heterocycles. The highest BCUT2D eigenvalue weighted by Gasteiger charge is 2.27.